The van der Waals surface area contributed by atoms with Gasteiger partial charge in [-0.3, -0.25) is 0 Å². The Bertz CT molecular complexity index is 3910. The molecule has 0 saturated heterocycles. The van der Waals surface area contributed by atoms with Gasteiger partial charge in [-0.2, -0.15) is 5.26 Å². The monoisotopic (exact) mass is 1300 g/mol. The molecule has 14 rings (SSSR count). The molecule has 4 aliphatic rings. The number of nitriles is 1. The number of rotatable bonds is 15. The van der Waals surface area contributed by atoms with E-state index in [1.165, 1.54) is 82.2 Å². The van der Waals surface area contributed by atoms with Gasteiger partial charge in [0.2, 0.25) is 0 Å². The molecule has 4 aliphatic carbocycles. The largest absolute Gasteiger partial charge is 3.00 e. The van der Waals surface area contributed by atoms with Crippen molar-refractivity contribution in [3.63, 3.8) is 0 Å². The summed E-state index contributed by atoms with van der Waals surface area (Å²) in [5.41, 5.74) is 26.9. The molecule has 3 aromatic heterocycles. The molecule has 86 heavy (non-hydrogen) atoms. The van der Waals surface area contributed by atoms with E-state index in [1.807, 2.05) is 36.7 Å². The first-order valence-electron chi connectivity index (χ1n) is 31.0. The molecule has 2 atom stereocenters. The van der Waals surface area contributed by atoms with Crippen molar-refractivity contribution in [1.82, 2.24) is 15.0 Å². The van der Waals surface area contributed by atoms with Crippen LogP contribution in [-0.2, 0) is 58.6 Å². The Labute approximate surface area is 524 Å². The van der Waals surface area contributed by atoms with E-state index in [2.05, 4.69) is 218 Å². The quantitative estimate of drug-likeness (QED) is 0.0960. The molecule has 7 aromatic carbocycles. The molecule has 0 aliphatic heterocycles. The van der Waals surface area contributed by atoms with Gasteiger partial charge in [0.05, 0.1) is 11.6 Å². The number of benzene rings is 7. The SMILES string of the molecule is CC(C)(C)Cc1ccc(-c2[c-]cc(CCc3cc(CCc4c[c-]c(-c5ccc(CC(C)(C)C)cn5)cc4)cc(-c4ccccc4-c4c[c-]c(-c5cc6c(cn5)C5CC7CC(C5)CC6C7)cc4-c4ccc(-c5ccc(C#N)cc5)cc4)c3)cc2)nc1.[Ir+3]. The van der Waals surface area contributed by atoms with Crippen LogP contribution >= 0.6 is 0 Å². The maximum atomic E-state index is 9.53. The molecule has 0 amide bonds. The van der Waals surface area contributed by atoms with E-state index < -0.39 is 0 Å². The third-order valence-electron chi connectivity index (χ3n) is 18.2. The molecule has 428 valence electrons. The number of pyridine rings is 3. The van der Waals surface area contributed by atoms with Crippen LogP contribution in [0.15, 0.2) is 188 Å². The van der Waals surface area contributed by atoms with E-state index in [9.17, 15) is 5.26 Å². The third-order valence-corrected chi connectivity index (χ3v) is 18.2. The van der Waals surface area contributed by atoms with Crippen LogP contribution < -0.4 is 0 Å². The molecule has 2 unspecified atom stereocenters. The molecule has 0 spiro atoms. The summed E-state index contributed by atoms with van der Waals surface area (Å²) in [6, 6.07) is 75.2. The minimum Gasteiger partial charge on any atom is -0.304 e. The van der Waals surface area contributed by atoms with Gasteiger partial charge in [-0.25, -0.2) is 0 Å². The van der Waals surface area contributed by atoms with Crippen LogP contribution in [0.4, 0.5) is 0 Å². The smallest absolute Gasteiger partial charge is 0.304 e. The van der Waals surface area contributed by atoms with Gasteiger partial charge >= 0.3 is 20.1 Å². The summed E-state index contributed by atoms with van der Waals surface area (Å²) in [6.45, 7) is 13.6. The molecular formula is C81H75IrN4. The fraction of sp³-hybridized carbons (Fsp3) is 0.284. The van der Waals surface area contributed by atoms with E-state index in [0.29, 0.717) is 17.4 Å². The molecule has 4 nitrogen and oxygen atoms in total. The van der Waals surface area contributed by atoms with Crippen molar-refractivity contribution in [2.75, 3.05) is 0 Å². The van der Waals surface area contributed by atoms with Crippen molar-refractivity contribution in [3.8, 4) is 84.3 Å². The summed E-state index contributed by atoms with van der Waals surface area (Å²) < 4.78 is 0. The first-order chi connectivity index (χ1) is 41.2. The van der Waals surface area contributed by atoms with Gasteiger partial charge in [0.1, 0.15) is 0 Å². The third kappa shape index (κ3) is 13.4. The standard InChI is InChI=1S/C81H75N4.Ir/c1-80(2,3)47-58-21-35-77(83-50-58)65-25-15-53(16-26-65)11-13-56-37-57(14-12-54-17-27-66(28-18-54)78-36-22-59(51-84-78)48-81(4,5)6)40-68(39-56)71-9-7-8-10-72(71)73-34-33-67(45-74(73)64-31-29-63(30-32-64)62-23-19-55(49-82)20-24-62)79-46-75-69-41-60-38-61(42-69)44-70(43-60)76(75)52-85-79;/h7-10,15-25,27,29-32,34-37,39-40,45-46,50-52,60-61,69-70H,11-14,38,41-44,47-48H2,1-6H3;/q-3;+3. The predicted molar refractivity (Wildman–Crippen MR) is 349 cm³/mol. The van der Waals surface area contributed by atoms with Gasteiger partial charge in [-0.05, 0) is 183 Å². The summed E-state index contributed by atoms with van der Waals surface area (Å²) in [5.74, 6) is 2.97. The molecule has 4 bridgehead atoms. The van der Waals surface area contributed by atoms with Crippen molar-refractivity contribution >= 4 is 0 Å². The second-order valence-electron chi connectivity index (χ2n) is 27.3. The number of hydrogen-bond acceptors (Lipinski definition) is 4. The van der Waals surface area contributed by atoms with Crippen LogP contribution in [0.3, 0.4) is 0 Å². The average molecular weight is 1300 g/mol. The van der Waals surface area contributed by atoms with Gasteiger partial charge < -0.3 is 15.0 Å². The van der Waals surface area contributed by atoms with Crippen LogP contribution in [0.25, 0.3) is 78.3 Å². The molecule has 2 saturated carbocycles. The minimum absolute atomic E-state index is 0. The molecule has 10 aromatic rings. The van der Waals surface area contributed by atoms with Crippen molar-refractivity contribution < 1.29 is 20.1 Å². The second kappa shape index (κ2) is 24.8. The van der Waals surface area contributed by atoms with Crippen LogP contribution in [0.2, 0.25) is 0 Å². The van der Waals surface area contributed by atoms with Gasteiger partial charge in [0, 0.05) is 18.6 Å². The molecule has 0 N–H and O–H groups in total. The number of nitrogens with zero attached hydrogens (tertiary/aromatic N) is 4. The second-order valence-corrected chi connectivity index (χ2v) is 27.3. The Morgan fingerprint density at radius 1 is 0.407 bits per heavy atom. The van der Waals surface area contributed by atoms with E-state index in [1.54, 1.807) is 5.56 Å². The maximum Gasteiger partial charge on any atom is 3.00 e. The number of aromatic nitrogens is 3. The van der Waals surface area contributed by atoms with Crippen LogP contribution in [0, 0.1) is 52.2 Å². The summed E-state index contributed by atoms with van der Waals surface area (Å²) in [6.07, 6.45) is 18.5. The Morgan fingerprint density at radius 3 is 1.41 bits per heavy atom. The molecule has 0 radical (unpaired) electrons. The molecule has 5 heteroatoms. The molecular weight excluding hydrogens is 1220 g/mol. The molecule has 2 fully saturated rings. The molecule has 3 heterocycles. The Balaban J connectivity index is 0.00000724. The zero-order valence-corrected chi connectivity index (χ0v) is 53.0. The first-order valence-corrected chi connectivity index (χ1v) is 31.0. The van der Waals surface area contributed by atoms with Crippen molar-refractivity contribution in [1.29, 1.82) is 5.26 Å². The number of hydrogen-bond donors (Lipinski definition) is 0. The van der Waals surface area contributed by atoms with Crippen LogP contribution in [0.1, 0.15) is 136 Å². The van der Waals surface area contributed by atoms with Gasteiger partial charge in [-0.15, -0.1) is 94.5 Å². The van der Waals surface area contributed by atoms with Crippen LogP contribution in [-0.4, -0.2) is 15.0 Å². The Morgan fingerprint density at radius 2 is 0.895 bits per heavy atom. The zero-order valence-electron chi connectivity index (χ0n) is 50.6. The van der Waals surface area contributed by atoms with E-state index in [-0.39, 0.29) is 30.9 Å². The Kier molecular flexibility index (Phi) is 16.9. The average Bonchev–Trinajstić information content (AvgIpc) is 3.20. The Hall–Kier alpha value is -7.87. The van der Waals surface area contributed by atoms with E-state index in [4.69, 9.17) is 15.0 Å². The number of aryl methyl sites for hydroxylation is 4. The van der Waals surface area contributed by atoms with Gasteiger partial charge in [0.15, 0.2) is 0 Å². The fourth-order valence-electron chi connectivity index (χ4n) is 14.3. The normalized spacial score (nSPS) is 16.9. The van der Waals surface area contributed by atoms with Crippen molar-refractivity contribution in [3.05, 3.63) is 257 Å². The minimum atomic E-state index is 0. The fourth-order valence-corrected chi connectivity index (χ4v) is 14.3. The van der Waals surface area contributed by atoms with E-state index >= 15 is 0 Å². The van der Waals surface area contributed by atoms with Crippen LogP contribution in [0.5, 0.6) is 0 Å². The predicted octanol–water partition coefficient (Wildman–Crippen LogP) is 19.9. The van der Waals surface area contributed by atoms with Gasteiger partial charge in [-0.1, -0.05) is 180 Å². The summed E-state index contributed by atoms with van der Waals surface area (Å²) in [4.78, 5) is 15.0. The van der Waals surface area contributed by atoms with Gasteiger partial charge in [0.25, 0.3) is 0 Å². The summed E-state index contributed by atoms with van der Waals surface area (Å²) in [5, 5.41) is 9.53. The topological polar surface area (TPSA) is 62.5 Å². The zero-order chi connectivity index (χ0) is 58.2. The van der Waals surface area contributed by atoms with E-state index in [0.717, 1.165) is 118 Å². The first kappa shape index (κ1) is 58.5. The summed E-state index contributed by atoms with van der Waals surface area (Å²) >= 11 is 0. The van der Waals surface area contributed by atoms with Crippen molar-refractivity contribution in [2.45, 2.75) is 124 Å². The summed E-state index contributed by atoms with van der Waals surface area (Å²) in [7, 11) is 0. The van der Waals surface area contributed by atoms with Crippen molar-refractivity contribution in [2.24, 2.45) is 22.7 Å². The maximum absolute atomic E-state index is 9.53.